The Balaban J connectivity index is 1.56. The van der Waals surface area contributed by atoms with Crippen molar-refractivity contribution in [1.82, 2.24) is 25.1 Å². The van der Waals surface area contributed by atoms with Crippen molar-refractivity contribution in [2.75, 3.05) is 18.4 Å². The number of anilines is 1. The molecule has 30 heavy (non-hydrogen) atoms. The molecule has 0 atom stereocenters. The first-order chi connectivity index (χ1) is 14.7. The summed E-state index contributed by atoms with van der Waals surface area (Å²) in [5, 5.41) is 11.8. The van der Waals surface area contributed by atoms with Crippen LogP contribution in [0.25, 0.3) is 11.0 Å². The van der Waals surface area contributed by atoms with Gasteiger partial charge in [-0.2, -0.15) is 5.10 Å². The van der Waals surface area contributed by atoms with Gasteiger partial charge in [-0.15, -0.1) is 0 Å². The van der Waals surface area contributed by atoms with Gasteiger partial charge in [0, 0.05) is 19.0 Å². The fraction of sp³-hybridized carbons (Fsp3) is 0.478. The molecule has 0 saturated heterocycles. The van der Waals surface area contributed by atoms with Crippen LogP contribution in [0, 0.1) is 5.92 Å². The van der Waals surface area contributed by atoms with E-state index in [1.807, 2.05) is 22.9 Å². The fourth-order valence-electron chi connectivity index (χ4n) is 3.70. The zero-order valence-corrected chi connectivity index (χ0v) is 18.0. The number of nitrogens with one attached hydrogen (secondary N) is 2. The van der Waals surface area contributed by atoms with E-state index >= 15 is 0 Å². The number of hydrogen-bond donors (Lipinski definition) is 2. The summed E-state index contributed by atoms with van der Waals surface area (Å²) in [5.41, 5.74) is 2.06. The van der Waals surface area contributed by atoms with Gasteiger partial charge >= 0.3 is 0 Å². The normalized spacial score (nSPS) is 11.2. The van der Waals surface area contributed by atoms with E-state index in [1.165, 1.54) is 5.56 Å². The van der Waals surface area contributed by atoms with Crippen molar-refractivity contribution in [3.05, 3.63) is 48.4 Å². The molecule has 1 amide bonds. The number of fused-ring (bicyclic) bond motifs is 1. The Labute approximate surface area is 178 Å². The minimum atomic E-state index is 0.108. The molecule has 160 valence electrons. The number of hydrogen-bond acceptors (Lipinski definition) is 5. The molecule has 1 aromatic carbocycles. The van der Waals surface area contributed by atoms with Gasteiger partial charge in [0.15, 0.2) is 5.65 Å². The minimum Gasteiger partial charge on any atom is -0.369 e. The number of amides is 1. The average molecular weight is 409 g/mol. The van der Waals surface area contributed by atoms with Crippen LogP contribution in [0.5, 0.6) is 0 Å². The second-order valence-electron chi connectivity index (χ2n) is 7.55. The number of benzene rings is 1. The number of aromatic nitrogens is 4. The highest BCUT2D eigenvalue weighted by atomic mass is 16.1. The average Bonchev–Trinajstić information content (AvgIpc) is 3.18. The smallest absolute Gasteiger partial charge is 0.223 e. The summed E-state index contributed by atoms with van der Waals surface area (Å²) in [6, 6.07) is 10.4. The maximum atomic E-state index is 12.4. The SMILES string of the molecule is CCCC(CCC)C(=O)NCCn1ncc2c(NCCc3ccccc3)ncnc21. The second-order valence-corrected chi connectivity index (χ2v) is 7.55. The summed E-state index contributed by atoms with van der Waals surface area (Å²) < 4.78 is 1.83. The van der Waals surface area contributed by atoms with Gasteiger partial charge in [0.2, 0.25) is 5.91 Å². The Hall–Kier alpha value is -2.96. The van der Waals surface area contributed by atoms with Crippen molar-refractivity contribution in [3.8, 4) is 0 Å². The maximum absolute atomic E-state index is 12.4. The molecule has 0 radical (unpaired) electrons. The molecule has 3 aromatic rings. The van der Waals surface area contributed by atoms with Crippen LogP contribution in [0.4, 0.5) is 5.82 Å². The lowest BCUT2D eigenvalue weighted by Gasteiger charge is -2.15. The van der Waals surface area contributed by atoms with Crippen LogP contribution < -0.4 is 10.6 Å². The molecule has 0 fully saturated rings. The van der Waals surface area contributed by atoms with Crippen LogP contribution in [-0.2, 0) is 17.8 Å². The lowest BCUT2D eigenvalue weighted by Crippen LogP contribution is -2.33. The first-order valence-electron chi connectivity index (χ1n) is 10.9. The van der Waals surface area contributed by atoms with Crippen LogP contribution in [0.2, 0.25) is 0 Å². The quantitative estimate of drug-likeness (QED) is 0.476. The first kappa shape index (κ1) is 21.7. The molecule has 7 nitrogen and oxygen atoms in total. The number of rotatable bonds is 12. The summed E-state index contributed by atoms with van der Waals surface area (Å²) in [6.45, 7) is 6.16. The Morgan fingerprint density at radius 3 is 2.57 bits per heavy atom. The maximum Gasteiger partial charge on any atom is 0.223 e. The van der Waals surface area contributed by atoms with Crippen molar-refractivity contribution < 1.29 is 4.79 Å². The van der Waals surface area contributed by atoms with Crippen molar-refractivity contribution in [2.24, 2.45) is 5.92 Å². The number of nitrogens with zero attached hydrogens (tertiary/aromatic N) is 4. The zero-order chi connectivity index (χ0) is 21.2. The molecule has 0 aliphatic heterocycles. The lowest BCUT2D eigenvalue weighted by atomic mass is 9.97. The van der Waals surface area contributed by atoms with Gasteiger partial charge < -0.3 is 10.6 Å². The van der Waals surface area contributed by atoms with Gasteiger partial charge in [0.1, 0.15) is 12.1 Å². The molecule has 2 aromatic heterocycles. The highest BCUT2D eigenvalue weighted by Gasteiger charge is 2.16. The monoisotopic (exact) mass is 408 g/mol. The van der Waals surface area contributed by atoms with Crippen LogP contribution in [0.15, 0.2) is 42.9 Å². The molecule has 7 heteroatoms. The van der Waals surface area contributed by atoms with E-state index in [2.05, 4.69) is 51.7 Å². The number of carbonyl (C=O) groups excluding carboxylic acids is 1. The molecule has 0 saturated carbocycles. The predicted octanol–water partition coefficient (Wildman–Crippen LogP) is 3.81. The second kappa shape index (κ2) is 11.3. The van der Waals surface area contributed by atoms with Crippen LogP contribution in [-0.4, -0.2) is 38.7 Å². The Morgan fingerprint density at radius 2 is 1.83 bits per heavy atom. The van der Waals surface area contributed by atoms with Gasteiger partial charge in [-0.25, -0.2) is 14.6 Å². The molecule has 0 aliphatic carbocycles. The molecular formula is C23H32N6O. The van der Waals surface area contributed by atoms with E-state index < -0.39 is 0 Å². The van der Waals surface area contributed by atoms with Crippen LogP contribution >= 0.6 is 0 Å². The third-order valence-corrected chi connectivity index (χ3v) is 5.25. The summed E-state index contributed by atoms with van der Waals surface area (Å²) >= 11 is 0. The Kier molecular flexibility index (Phi) is 8.18. The van der Waals surface area contributed by atoms with Crippen molar-refractivity contribution in [1.29, 1.82) is 0 Å². The van der Waals surface area contributed by atoms with Gasteiger partial charge in [-0.3, -0.25) is 4.79 Å². The highest BCUT2D eigenvalue weighted by molar-refractivity contribution is 5.86. The molecule has 2 heterocycles. The molecule has 0 bridgehead atoms. The summed E-state index contributed by atoms with van der Waals surface area (Å²) in [4.78, 5) is 21.2. The topological polar surface area (TPSA) is 84.7 Å². The molecule has 2 N–H and O–H groups in total. The molecule has 0 spiro atoms. The van der Waals surface area contributed by atoms with Gasteiger partial charge in [-0.05, 0) is 24.8 Å². The van der Waals surface area contributed by atoms with Gasteiger partial charge in [-0.1, -0.05) is 57.0 Å². The summed E-state index contributed by atoms with van der Waals surface area (Å²) in [6.07, 6.45) is 8.20. The third kappa shape index (κ3) is 5.78. The van der Waals surface area contributed by atoms with Crippen LogP contribution in [0.3, 0.4) is 0 Å². The summed E-state index contributed by atoms with van der Waals surface area (Å²) in [5.74, 6) is 1.04. The zero-order valence-electron chi connectivity index (χ0n) is 18.0. The lowest BCUT2D eigenvalue weighted by molar-refractivity contribution is -0.125. The van der Waals surface area contributed by atoms with Crippen molar-refractivity contribution >= 4 is 22.8 Å². The van der Waals surface area contributed by atoms with Crippen molar-refractivity contribution in [2.45, 2.75) is 52.5 Å². The molecule has 0 unspecified atom stereocenters. The highest BCUT2D eigenvalue weighted by Crippen LogP contribution is 2.18. The Morgan fingerprint density at radius 1 is 1.07 bits per heavy atom. The van der Waals surface area contributed by atoms with Gasteiger partial charge in [0.05, 0.1) is 18.1 Å². The van der Waals surface area contributed by atoms with E-state index in [9.17, 15) is 4.79 Å². The standard InChI is InChI=1S/C23H32N6O/c1-3-8-19(9-4-2)23(30)25-14-15-29-22-20(16-28-29)21(26-17-27-22)24-13-12-18-10-6-5-7-11-18/h5-7,10-11,16-17,19H,3-4,8-9,12-15H2,1-2H3,(H,25,30)(H,24,26,27). The fourth-order valence-corrected chi connectivity index (χ4v) is 3.70. The summed E-state index contributed by atoms with van der Waals surface area (Å²) in [7, 11) is 0. The Bertz CT molecular complexity index is 918. The minimum absolute atomic E-state index is 0.108. The van der Waals surface area contributed by atoms with Crippen molar-refractivity contribution in [3.63, 3.8) is 0 Å². The van der Waals surface area contributed by atoms with E-state index in [0.29, 0.717) is 13.1 Å². The van der Waals surface area contributed by atoms with E-state index in [4.69, 9.17) is 0 Å². The van der Waals surface area contributed by atoms with E-state index in [0.717, 1.165) is 55.5 Å². The van der Waals surface area contributed by atoms with E-state index in [1.54, 1.807) is 12.5 Å². The largest absolute Gasteiger partial charge is 0.369 e. The molecule has 0 aliphatic rings. The van der Waals surface area contributed by atoms with Gasteiger partial charge in [0.25, 0.3) is 0 Å². The number of carbonyl (C=O) groups is 1. The molecular weight excluding hydrogens is 376 g/mol. The molecule has 3 rings (SSSR count). The van der Waals surface area contributed by atoms with Crippen LogP contribution in [0.1, 0.15) is 45.1 Å². The first-order valence-corrected chi connectivity index (χ1v) is 10.9. The third-order valence-electron chi connectivity index (χ3n) is 5.25. The van der Waals surface area contributed by atoms with E-state index in [-0.39, 0.29) is 11.8 Å². The predicted molar refractivity (Wildman–Crippen MR) is 120 cm³/mol.